The first-order valence-corrected chi connectivity index (χ1v) is 6.54. The molecule has 2 unspecified atom stereocenters. The van der Waals surface area contributed by atoms with Crippen LogP contribution in [-0.4, -0.2) is 40.4 Å². The lowest BCUT2D eigenvalue weighted by Crippen LogP contribution is -2.18. The van der Waals surface area contributed by atoms with Crippen LogP contribution in [0.15, 0.2) is 24.3 Å². The van der Waals surface area contributed by atoms with Crippen LogP contribution in [0.4, 0.5) is 0 Å². The molecule has 0 spiro atoms. The van der Waals surface area contributed by atoms with E-state index in [1.807, 2.05) is 0 Å². The average molecular weight is 301 g/mol. The maximum atomic E-state index is 10.6. The highest BCUT2D eigenvalue weighted by molar-refractivity contribution is 6.17. The molecule has 110 valence electrons. The normalized spacial score (nSPS) is 14.2. The Morgan fingerprint density at radius 3 is 2.70 bits per heavy atom. The molecule has 0 aliphatic heterocycles. The number of carboxylic acid groups (broad SMARTS) is 1. The second kappa shape index (κ2) is 7.89. The van der Waals surface area contributed by atoms with Gasteiger partial charge in [0.25, 0.3) is 0 Å². The Morgan fingerprint density at radius 1 is 1.45 bits per heavy atom. The van der Waals surface area contributed by atoms with Crippen LogP contribution in [-0.2, 0) is 4.79 Å². The second-order valence-corrected chi connectivity index (χ2v) is 4.54. The van der Waals surface area contributed by atoms with Crippen LogP contribution in [0.2, 0.25) is 0 Å². The number of benzene rings is 1. The molecular formula is C14H17ClO5. The van der Waals surface area contributed by atoms with Crippen molar-refractivity contribution in [2.24, 2.45) is 0 Å². The van der Waals surface area contributed by atoms with Crippen molar-refractivity contribution >= 4 is 23.6 Å². The fourth-order valence-corrected chi connectivity index (χ4v) is 1.94. The highest BCUT2D eigenvalue weighted by Crippen LogP contribution is 2.27. The maximum absolute atomic E-state index is 10.6. The number of hydrogen-bond acceptors (Lipinski definition) is 4. The SMILES string of the molecule is COc1ccc(C(O)C(O)CCCl)cc1/C=C/C(=O)O. The average Bonchev–Trinajstić information content (AvgIpc) is 2.44. The van der Waals surface area contributed by atoms with Crippen molar-refractivity contribution < 1.29 is 24.9 Å². The fourth-order valence-electron chi connectivity index (χ4n) is 1.72. The van der Waals surface area contributed by atoms with Crippen LogP contribution in [0.25, 0.3) is 6.08 Å². The smallest absolute Gasteiger partial charge is 0.328 e. The second-order valence-electron chi connectivity index (χ2n) is 4.16. The van der Waals surface area contributed by atoms with E-state index < -0.39 is 18.2 Å². The quantitative estimate of drug-likeness (QED) is 0.528. The van der Waals surface area contributed by atoms with Gasteiger partial charge in [0.2, 0.25) is 0 Å². The van der Waals surface area contributed by atoms with E-state index in [-0.39, 0.29) is 12.3 Å². The molecule has 0 aromatic heterocycles. The van der Waals surface area contributed by atoms with Crippen LogP contribution in [0, 0.1) is 0 Å². The van der Waals surface area contributed by atoms with Crippen molar-refractivity contribution in [3.05, 3.63) is 35.4 Å². The Hall–Kier alpha value is -1.56. The van der Waals surface area contributed by atoms with Gasteiger partial charge in [-0.25, -0.2) is 4.79 Å². The molecule has 0 aliphatic rings. The number of hydrogen-bond donors (Lipinski definition) is 3. The van der Waals surface area contributed by atoms with Crippen LogP contribution in [0.3, 0.4) is 0 Å². The van der Waals surface area contributed by atoms with E-state index in [0.717, 1.165) is 6.08 Å². The summed E-state index contributed by atoms with van der Waals surface area (Å²) in [7, 11) is 1.46. The van der Waals surface area contributed by atoms with Crippen molar-refractivity contribution in [3.8, 4) is 5.75 Å². The lowest BCUT2D eigenvalue weighted by atomic mass is 10.00. The highest BCUT2D eigenvalue weighted by atomic mass is 35.5. The van der Waals surface area contributed by atoms with Crippen LogP contribution < -0.4 is 4.74 Å². The number of carbonyl (C=O) groups is 1. The molecule has 3 N–H and O–H groups in total. The molecule has 0 bridgehead atoms. The lowest BCUT2D eigenvalue weighted by molar-refractivity contribution is -0.131. The summed E-state index contributed by atoms with van der Waals surface area (Å²) in [5, 5.41) is 28.4. The van der Waals surface area contributed by atoms with Crippen molar-refractivity contribution in [2.75, 3.05) is 13.0 Å². The van der Waals surface area contributed by atoms with E-state index >= 15 is 0 Å². The molecule has 5 nitrogen and oxygen atoms in total. The molecule has 0 aliphatic carbocycles. The Morgan fingerprint density at radius 2 is 2.15 bits per heavy atom. The largest absolute Gasteiger partial charge is 0.496 e. The third kappa shape index (κ3) is 4.52. The van der Waals surface area contributed by atoms with Crippen LogP contribution in [0.1, 0.15) is 23.7 Å². The van der Waals surface area contributed by atoms with E-state index in [0.29, 0.717) is 16.9 Å². The van der Waals surface area contributed by atoms with Crippen LogP contribution in [0.5, 0.6) is 5.75 Å². The summed E-state index contributed by atoms with van der Waals surface area (Å²) in [6.45, 7) is 0. The Bertz CT molecular complexity index is 486. The number of carboxylic acids is 1. The first-order valence-electron chi connectivity index (χ1n) is 6.00. The number of aliphatic carboxylic acids is 1. The van der Waals surface area contributed by atoms with Gasteiger partial charge in [0.15, 0.2) is 0 Å². The van der Waals surface area contributed by atoms with Gasteiger partial charge in [0.05, 0.1) is 13.2 Å². The summed E-state index contributed by atoms with van der Waals surface area (Å²) in [6, 6.07) is 4.78. The lowest BCUT2D eigenvalue weighted by Gasteiger charge is -2.18. The van der Waals surface area contributed by atoms with E-state index in [2.05, 4.69) is 0 Å². The molecule has 0 radical (unpaired) electrons. The van der Waals surface area contributed by atoms with Crippen molar-refractivity contribution in [2.45, 2.75) is 18.6 Å². The van der Waals surface area contributed by atoms with E-state index in [9.17, 15) is 15.0 Å². The Labute approximate surface area is 122 Å². The standard InChI is InChI=1S/C14H17ClO5/c1-20-12-4-2-10(14(19)11(16)6-7-15)8-9(12)3-5-13(17)18/h2-5,8,11,14,16,19H,6-7H2,1H3,(H,17,18)/b5-3+. The summed E-state index contributed by atoms with van der Waals surface area (Å²) in [5.74, 6) is -0.370. The van der Waals surface area contributed by atoms with E-state index in [1.165, 1.54) is 13.2 Å². The number of ether oxygens (including phenoxy) is 1. The first-order chi connectivity index (χ1) is 9.49. The predicted molar refractivity (Wildman–Crippen MR) is 76.0 cm³/mol. The Balaban J connectivity index is 3.05. The highest BCUT2D eigenvalue weighted by Gasteiger charge is 2.18. The molecular weight excluding hydrogens is 284 g/mol. The third-order valence-corrected chi connectivity index (χ3v) is 2.99. The summed E-state index contributed by atoms with van der Waals surface area (Å²) in [6.07, 6.45) is 0.540. The molecule has 20 heavy (non-hydrogen) atoms. The van der Waals surface area contributed by atoms with Gasteiger partial charge in [-0.1, -0.05) is 6.07 Å². The summed E-state index contributed by atoms with van der Waals surface area (Å²) in [5.41, 5.74) is 0.970. The third-order valence-electron chi connectivity index (χ3n) is 2.77. The van der Waals surface area contributed by atoms with Gasteiger partial charge in [-0.05, 0) is 30.2 Å². The number of halogens is 1. The number of methoxy groups -OCH3 is 1. The molecule has 6 heteroatoms. The number of alkyl halides is 1. The summed E-state index contributed by atoms with van der Waals surface area (Å²) < 4.78 is 5.11. The van der Waals surface area contributed by atoms with Crippen molar-refractivity contribution in [1.29, 1.82) is 0 Å². The van der Waals surface area contributed by atoms with Gasteiger partial charge in [-0.2, -0.15) is 0 Å². The van der Waals surface area contributed by atoms with E-state index in [1.54, 1.807) is 18.2 Å². The molecule has 1 rings (SSSR count). The molecule has 0 saturated heterocycles. The monoisotopic (exact) mass is 300 g/mol. The molecule has 0 fully saturated rings. The minimum absolute atomic E-state index is 0.236. The fraction of sp³-hybridized carbons (Fsp3) is 0.357. The molecule has 0 heterocycles. The zero-order valence-electron chi connectivity index (χ0n) is 11.0. The molecule has 1 aromatic carbocycles. The van der Waals surface area contributed by atoms with Gasteiger partial charge in [0, 0.05) is 17.5 Å². The van der Waals surface area contributed by atoms with Crippen molar-refractivity contribution in [1.82, 2.24) is 0 Å². The summed E-state index contributed by atoms with van der Waals surface area (Å²) in [4.78, 5) is 10.6. The molecule has 0 saturated carbocycles. The van der Waals surface area contributed by atoms with Crippen molar-refractivity contribution in [3.63, 3.8) is 0 Å². The van der Waals surface area contributed by atoms with Crippen LogP contribution >= 0.6 is 11.6 Å². The molecule has 0 amide bonds. The first kappa shape index (κ1) is 16.5. The Kier molecular flexibility index (Phi) is 6.51. The predicted octanol–water partition coefficient (Wildman–Crippen LogP) is 1.82. The van der Waals surface area contributed by atoms with Gasteiger partial charge in [-0.15, -0.1) is 11.6 Å². The minimum atomic E-state index is -1.09. The van der Waals surface area contributed by atoms with Gasteiger partial charge in [0.1, 0.15) is 11.9 Å². The minimum Gasteiger partial charge on any atom is -0.496 e. The molecule has 2 atom stereocenters. The summed E-state index contributed by atoms with van der Waals surface area (Å²) >= 11 is 5.52. The zero-order chi connectivity index (χ0) is 15.1. The molecule has 1 aromatic rings. The van der Waals surface area contributed by atoms with Gasteiger partial charge >= 0.3 is 5.97 Å². The van der Waals surface area contributed by atoms with E-state index in [4.69, 9.17) is 21.4 Å². The number of aliphatic hydroxyl groups is 2. The number of rotatable bonds is 7. The van der Waals surface area contributed by atoms with Gasteiger partial charge in [-0.3, -0.25) is 0 Å². The number of aliphatic hydroxyl groups excluding tert-OH is 2. The van der Waals surface area contributed by atoms with Gasteiger partial charge < -0.3 is 20.1 Å². The maximum Gasteiger partial charge on any atom is 0.328 e. The zero-order valence-corrected chi connectivity index (χ0v) is 11.7. The topological polar surface area (TPSA) is 87.0 Å².